The second-order valence-electron chi connectivity index (χ2n) is 3.92. The smallest absolute Gasteiger partial charge is 0.334 e. The van der Waals surface area contributed by atoms with E-state index in [1.807, 2.05) is 0 Å². The van der Waals surface area contributed by atoms with Crippen molar-refractivity contribution < 1.29 is 14.6 Å². The molecule has 0 radical (unpaired) electrons. The molecular formula is C12H8BrN3O5. The summed E-state index contributed by atoms with van der Waals surface area (Å²) in [6.45, 7) is 0. The highest BCUT2D eigenvalue weighted by molar-refractivity contribution is 9.10. The van der Waals surface area contributed by atoms with Gasteiger partial charge in [-0.1, -0.05) is 22.0 Å². The van der Waals surface area contributed by atoms with Crippen LogP contribution < -0.4 is 10.5 Å². The third-order valence-electron chi connectivity index (χ3n) is 2.55. The summed E-state index contributed by atoms with van der Waals surface area (Å²) in [6.07, 6.45) is 0. The van der Waals surface area contributed by atoms with Gasteiger partial charge < -0.3 is 10.5 Å². The van der Waals surface area contributed by atoms with Crippen LogP contribution in [0.25, 0.3) is 0 Å². The number of benzene rings is 2. The fourth-order valence-electron chi connectivity index (χ4n) is 1.66. The van der Waals surface area contributed by atoms with Crippen molar-refractivity contribution in [1.29, 1.82) is 0 Å². The maximum absolute atomic E-state index is 11.0. The maximum atomic E-state index is 11.0. The van der Waals surface area contributed by atoms with Crippen molar-refractivity contribution in [3.8, 4) is 11.5 Å². The van der Waals surface area contributed by atoms with Crippen LogP contribution in [-0.2, 0) is 0 Å². The molecular weight excluding hydrogens is 346 g/mol. The van der Waals surface area contributed by atoms with Crippen molar-refractivity contribution in [2.75, 3.05) is 5.73 Å². The first kappa shape index (κ1) is 14.7. The van der Waals surface area contributed by atoms with Crippen LogP contribution in [0.5, 0.6) is 11.5 Å². The van der Waals surface area contributed by atoms with Crippen LogP contribution in [0.1, 0.15) is 0 Å². The highest BCUT2D eigenvalue weighted by Gasteiger charge is 2.23. The molecule has 9 heteroatoms. The van der Waals surface area contributed by atoms with Crippen LogP contribution >= 0.6 is 15.9 Å². The van der Waals surface area contributed by atoms with Crippen molar-refractivity contribution in [3.05, 3.63) is 61.1 Å². The first-order chi connectivity index (χ1) is 9.90. The Morgan fingerprint density at radius 2 is 1.76 bits per heavy atom. The minimum Gasteiger partial charge on any atom is -0.443 e. The van der Waals surface area contributed by atoms with Gasteiger partial charge in [-0.2, -0.15) is 0 Å². The summed E-state index contributed by atoms with van der Waals surface area (Å²) in [7, 11) is 0. The predicted octanol–water partition coefficient (Wildman–Crippen LogP) is 3.64. The third kappa shape index (κ3) is 3.08. The van der Waals surface area contributed by atoms with Crippen molar-refractivity contribution in [3.63, 3.8) is 0 Å². The molecule has 2 rings (SSSR count). The quantitative estimate of drug-likeness (QED) is 0.508. The number of halogens is 1. The zero-order valence-corrected chi connectivity index (χ0v) is 11.9. The van der Waals surface area contributed by atoms with Gasteiger partial charge in [-0.15, -0.1) is 0 Å². The average molecular weight is 354 g/mol. The Labute approximate surface area is 126 Å². The number of hydrogen-bond acceptors (Lipinski definition) is 6. The molecule has 0 aliphatic heterocycles. The largest absolute Gasteiger partial charge is 0.443 e. The monoisotopic (exact) mass is 353 g/mol. The van der Waals surface area contributed by atoms with Crippen LogP contribution in [0.15, 0.2) is 40.9 Å². The molecule has 0 heterocycles. The summed E-state index contributed by atoms with van der Waals surface area (Å²) in [5.74, 6) is -0.276. The van der Waals surface area contributed by atoms with Gasteiger partial charge in [-0.25, -0.2) is 0 Å². The lowest BCUT2D eigenvalue weighted by atomic mass is 10.2. The van der Waals surface area contributed by atoms with Crippen LogP contribution in [0.2, 0.25) is 0 Å². The maximum Gasteiger partial charge on any atom is 0.334 e. The van der Waals surface area contributed by atoms with E-state index in [0.717, 1.165) is 0 Å². The topological polar surface area (TPSA) is 122 Å². The Hall–Kier alpha value is -2.68. The highest BCUT2D eigenvalue weighted by Crippen LogP contribution is 2.39. The lowest BCUT2D eigenvalue weighted by Gasteiger charge is -2.08. The molecule has 0 bridgehead atoms. The molecule has 2 N–H and O–H groups in total. The number of nitro groups is 2. The summed E-state index contributed by atoms with van der Waals surface area (Å²) < 4.78 is 5.80. The van der Waals surface area contributed by atoms with Crippen LogP contribution in [0.3, 0.4) is 0 Å². The van der Waals surface area contributed by atoms with E-state index in [2.05, 4.69) is 15.9 Å². The number of nitrogen functional groups attached to an aromatic ring is 1. The summed E-state index contributed by atoms with van der Waals surface area (Å²) in [5.41, 5.74) is 4.70. The number of rotatable bonds is 4. The molecule has 21 heavy (non-hydrogen) atoms. The van der Waals surface area contributed by atoms with Gasteiger partial charge in [0, 0.05) is 10.5 Å². The van der Waals surface area contributed by atoms with Gasteiger partial charge in [0.05, 0.1) is 9.85 Å². The molecule has 0 atom stereocenters. The number of nitrogens with zero attached hydrogens (tertiary/aromatic N) is 2. The van der Waals surface area contributed by atoms with E-state index in [1.165, 1.54) is 36.4 Å². The molecule has 0 fully saturated rings. The predicted molar refractivity (Wildman–Crippen MR) is 78.4 cm³/mol. The van der Waals surface area contributed by atoms with Crippen LogP contribution in [0.4, 0.5) is 17.1 Å². The van der Waals surface area contributed by atoms with E-state index < -0.39 is 15.5 Å². The molecule has 0 spiro atoms. The van der Waals surface area contributed by atoms with E-state index in [-0.39, 0.29) is 22.9 Å². The summed E-state index contributed by atoms with van der Waals surface area (Å²) in [5, 5.41) is 22.0. The van der Waals surface area contributed by atoms with E-state index in [0.29, 0.717) is 4.47 Å². The lowest BCUT2D eigenvalue weighted by molar-refractivity contribution is -0.387. The number of para-hydroxylation sites is 1. The van der Waals surface area contributed by atoms with Crippen LogP contribution in [-0.4, -0.2) is 9.85 Å². The standard InChI is InChI=1S/C12H8BrN3O5/c13-7-4-5-10(9(6-7)15(17)18)21-11-3-1-2-8(14)12(11)16(19)20/h1-6H,14H2. The molecule has 0 aliphatic carbocycles. The Balaban J connectivity index is 2.51. The normalized spacial score (nSPS) is 10.1. The Morgan fingerprint density at radius 1 is 1.05 bits per heavy atom. The van der Waals surface area contributed by atoms with Gasteiger partial charge in [0.15, 0.2) is 0 Å². The summed E-state index contributed by atoms with van der Waals surface area (Å²) in [6, 6.07) is 8.24. The van der Waals surface area contributed by atoms with Gasteiger partial charge >= 0.3 is 11.4 Å². The molecule has 2 aromatic carbocycles. The third-order valence-corrected chi connectivity index (χ3v) is 3.04. The first-order valence-electron chi connectivity index (χ1n) is 5.55. The van der Waals surface area contributed by atoms with Gasteiger partial charge in [-0.3, -0.25) is 20.2 Å². The molecule has 8 nitrogen and oxygen atoms in total. The van der Waals surface area contributed by atoms with Crippen molar-refractivity contribution in [1.82, 2.24) is 0 Å². The van der Waals surface area contributed by atoms with E-state index in [1.54, 1.807) is 0 Å². The molecule has 0 aromatic heterocycles. The Morgan fingerprint density at radius 3 is 2.38 bits per heavy atom. The molecule has 0 saturated heterocycles. The summed E-state index contributed by atoms with van der Waals surface area (Å²) >= 11 is 3.11. The molecule has 2 aromatic rings. The van der Waals surface area contributed by atoms with Crippen molar-refractivity contribution in [2.24, 2.45) is 0 Å². The second-order valence-corrected chi connectivity index (χ2v) is 4.84. The van der Waals surface area contributed by atoms with E-state index in [4.69, 9.17) is 10.5 Å². The number of nitro benzene ring substituents is 2. The number of anilines is 1. The molecule has 108 valence electrons. The van der Waals surface area contributed by atoms with E-state index in [9.17, 15) is 20.2 Å². The fourth-order valence-corrected chi connectivity index (χ4v) is 2.00. The summed E-state index contributed by atoms with van der Waals surface area (Å²) in [4.78, 5) is 20.7. The highest BCUT2D eigenvalue weighted by atomic mass is 79.9. The van der Waals surface area contributed by atoms with Gasteiger partial charge in [0.25, 0.3) is 0 Å². The van der Waals surface area contributed by atoms with Crippen molar-refractivity contribution in [2.45, 2.75) is 0 Å². The fraction of sp³-hybridized carbons (Fsp3) is 0. The molecule has 0 saturated carbocycles. The number of nitrogens with two attached hydrogens (primary N) is 1. The van der Waals surface area contributed by atoms with Gasteiger partial charge in [0.2, 0.25) is 11.5 Å². The second kappa shape index (κ2) is 5.75. The first-order valence-corrected chi connectivity index (χ1v) is 6.34. The zero-order chi connectivity index (χ0) is 15.6. The van der Waals surface area contributed by atoms with Gasteiger partial charge in [0.1, 0.15) is 5.69 Å². The Kier molecular flexibility index (Phi) is 4.03. The van der Waals surface area contributed by atoms with Crippen LogP contribution in [0, 0.1) is 20.2 Å². The number of hydrogen-bond donors (Lipinski definition) is 1. The minimum atomic E-state index is -0.699. The zero-order valence-electron chi connectivity index (χ0n) is 10.4. The van der Waals surface area contributed by atoms with Crippen molar-refractivity contribution >= 4 is 33.0 Å². The molecule has 0 unspecified atom stereocenters. The Bertz CT molecular complexity index is 735. The SMILES string of the molecule is Nc1cccc(Oc2ccc(Br)cc2[N+](=O)[O-])c1[N+](=O)[O-]. The van der Waals surface area contributed by atoms with E-state index >= 15 is 0 Å². The average Bonchev–Trinajstić information content (AvgIpc) is 2.40. The van der Waals surface area contributed by atoms with Gasteiger partial charge in [-0.05, 0) is 24.3 Å². The molecule has 0 amide bonds. The number of ether oxygens (including phenoxy) is 1. The molecule has 0 aliphatic rings. The lowest BCUT2D eigenvalue weighted by Crippen LogP contribution is -1.99. The minimum absolute atomic E-state index is 0.0859.